The first-order chi connectivity index (χ1) is 12.0. The van der Waals surface area contributed by atoms with Gasteiger partial charge in [0.05, 0.1) is 24.5 Å². The lowest BCUT2D eigenvalue weighted by molar-refractivity contribution is -0.143. The molecule has 0 saturated carbocycles. The van der Waals surface area contributed by atoms with Crippen LogP contribution in [0.4, 0.5) is 0 Å². The molecule has 0 aliphatic carbocycles. The maximum atomic E-state index is 13.1. The van der Waals surface area contributed by atoms with E-state index in [9.17, 15) is 14.4 Å². The number of fused-ring (bicyclic) bond motifs is 1. The van der Waals surface area contributed by atoms with Gasteiger partial charge >= 0.3 is 0 Å². The number of hydrogen-bond acceptors (Lipinski definition) is 5. The highest BCUT2D eigenvalue weighted by Crippen LogP contribution is 2.52. The van der Waals surface area contributed by atoms with E-state index in [-0.39, 0.29) is 23.8 Å². The van der Waals surface area contributed by atoms with Crippen LogP contribution in [0.3, 0.4) is 0 Å². The lowest BCUT2D eigenvalue weighted by atomic mass is 9.76. The number of nitrogens with one attached hydrogen (secondary N) is 1. The zero-order valence-electron chi connectivity index (χ0n) is 14.3. The van der Waals surface area contributed by atoms with Crippen LogP contribution in [-0.2, 0) is 19.1 Å². The zero-order valence-corrected chi connectivity index (χ0v) is 15.1. The summed E-state index contributed by atoms with van der Waals surface area (Å²) in [5, 5.41) is 2.72. The Kier molecular flexibility index (Phi) is 4.27. The number of likely N-dealkylation sites (tertiary alicyclic amines) is 1. The van der Waals surface area contributed by atoms with Gasteiger partial charge in [0.15, 0.2) is 0 Å². The molecule has 7 nitrogen and oxygen atoms in total. The molecule has 0 unspecified atom stereocenters. The molecule has 4 heterocycles. The van der Waals surface area contributed by atoms with Crippen LogP contribution in [0.2, 0.25) is 0 Å². The van der Waals surface area contributed by atoms with Gasteiger partial charge in [0, 0.05) is 44.6 Å². The maximum Gasteiger partial charge on any atom is 0.230 e. The normalized spacial score (nSPS) is 36.0. The third-order valence-electron chi connectivity index (χ3n) is 5.54. The Balaban J connectivity index is 1.50. The number of carbonyl (C=O) groups excluding carboxylic acids is 3. The molecule has 4 atom stereocenters. The van der Waals surface area contributed by atoms with Crippen LogP contribution in [0.5, 0.6) is 0 Å². The van der Waals surface area contributed by atoms with Gasteiger partial charge in [-0.25, -0.2) is 0 Å². The molecule has 0 aromatic carbocycles. The fraction of sp³-hybridized carbons (Fsp3) is 0.706. The first-order valence-corrected chi connectivity index (χ1v) is 9.94. The van der Waals surface area contributed by atoms with Crippen LogP contribution >= 0.6 is 11.8 Å². The van der Waals surface area contributed by atoms with Crippen molar-refractivity contribution in [1.29, 1.82) is 0 Å². The summed E-state index contributed by atoms with van der Waals surface area (Å²) in [5.74, 6) is 0.977. The molecule has 0 aromatic heterocycles. The second-order valence-corrected chi connectivity index (χ2v) is 8.31. The fourth-order valence-corrected chi connectivity index (χ4v) is 5.31. The Hall–Kier alpha value is -1.54. The highest BCUT2D eigenvalue weighted by atomic mass is 32.2. The van der Waals surface area contributed by atoms with Crippen LogP contribution in [0.25, 0.3) is 0 Å². The van der Waals surface area contributed by atoms with Crippen molar-refractivity contribution in [3.63, 3.8) is 0 Å². The van der Waals surface area contributed by atoms with Gasteiger partial charge in [0.25, 0.3) is 0 Å². The predicted molar refractivity (Wildman–Crippen MR) is 92.9 cm³/mol. The van der Waals surface area contributed by atoms with E-state index in [2.05, 4.69) is 5.32 Å². The highest BCUT2D eigenvalue weighted by molar-refractivity contribution is 7.99. The molecular weight excluding hydrogens is 342 g/mol. The number of ether oxygens (including phenoxy) is 1. The molecule has 3 fully saturated rings. The summed E-state index contributed by atoms with van der Waals surface area (Å²) in [4.78, 5) is 40.7. The van der Waals surface area contributed by atoms with Gasteiger partial charge in [-0.3, -0.25) is 14.4 Å². The minimum absolute atomic E-state index is 0.0260. The summed E-state index contributed by atoms with van der Waals surface area (Å²) in [5.41, 5.74) is -0.664. The second kappa shape index (κ2) is 6.32. The minimum atomic E-state index is -0.664. The zero-order chi connectivity index (χ0) is 17.6. The Bertz CT molecular complexity index is 633. The molecule has 4 aliphatic rings. The van der Waals surface area contributed by atoms with E-state index in [1.54, 1.807) is 4.90 Å². The number of nitrogens with zero attached hydrogens (tertiary/aromatic N) is 2. The number of amides is 3. The van der Waals surface area contributed by atoms with Gasteiger partial charge in [-0.05, 0) is 0 Å². The molecular formula is C17H23N3O4S. The first kappa shape index (κ1) is 16.9. The Labute approximate surface area is 151 Å². The monoisotopic (exact) mass is 365 g/mol. The first-order valence-electron chi connectivity index (χ1n) is 8.79. The summed E-state index contributed by atoms with van der Waals surface area (Å²) in [6.07, 6.45) is 3.63. The van der Waals surface area contributed by atoms with E-state index in [4.69, 9.17) is 4.74 Å². The third kappa shape index (κ3) is 2.75. The van der Waals surface area contributed by atoms with E-state index < -0.39 is 17.4 Å². The minimum Gasteiger partial charge on any atom is -0.360 e. The van der Waals surface area contributed by atoms with Gasteiger partial charge < -0.3 is 19.9 Å². The van der Waals surface area contributed by atoms with Gasteiger partial charge in [0.1, 0.15) is 5.60 Å². The second-order valence-electron chi connectivity index (χ2n) is 7.08. The molecule has 25 heavy (non-hydrogen) atoms. The largest absolute Gasteiger partial charge is 0.360 e. The third-order valence-corrected chi connectivity index (χ3v) is 6.48. The summed E-state index contributed by atoms with van der Waals surface area (Å²) < 4.78 is 6.12. The van der Waals surface area contributed by atoms with E-state index in [0.717, 1.165) is 24.6 Å². The fourth-order valence-electron chi connectivity index (χ4n) is 4.41. The number of hydrogen-bond donors (Lipinski definition) is 1. The molecule has 0 radical (unpaired) electrons. The summed E-state index contributed by atoms with van der Waals surface area (Å²) in [6.45, 7) is 4.27. The highest BCUT2D eigenvalue weighted by Gasteiger charge is 2.67. The number of carbonyl (C=O) groups is 3. The van der Waals surface area contributed by atoms with Crippen molar-refractivity contribution >= 4 is 29.5 Å². The van der Waals surface area contributed by atoms with Crippen LogP contribution in [0.15, 0.2) is 12.2 Å². The molecule has 136 valence electrons. The molecule has 1 N–H and O–H groups in total. The molecule has 0 aromatic rings. The average Bonchev–Trinajstić information content (AvgIpc) is 3.23. The van der Waals surface area contributed by atoms with Crippen molar-refractivity contribution in [2.75, 3.05) is 44.2 Å². The molecule has 2 bridgehead atoms. The van der Waals surface area contributed by atoms with Crippen molar-refractivity contribution in [3.8, 4) is 0 Å². The standard InChI is InChI=1S/C17H23N3O4S/c1-11(21)18-4-5-20-10-17-3-2-12(24-17)13(14(17)16(20)23)15(22)19-6-8-25-9-7-19/h2-3,12-14H,4-10H2,1H3,(H,18,21)/t12-,13-,14-,17-/m0/s1. The van der Waals surface area contributed by atoms with Crippen LogP contribution in [0.1, 0.15) is 6.92 Å². The summed E-state index contributed by atoms with van der Waals surface area (Å²) in [7, 11) is 0. The van der Waals surface area contributed by atoms with Gasteiger partial charge in [-0.15, -0.1) is 0 Å². The van der Waals surface area contributed by atoms with Crippen molar-refractivity contribution in [2.45, 2.75) is 18.6 Å². The number of rotatable bonds is 4. The van der Waals surface area contributed by atoms with Gasteiger partial charge in [-0.1, -0.05) is 12.2 Å². The van der Waals surface area contributed by atoms with Crippen LogP contribution in [0, 0.1) is 11.8 Å². The van der Waals surface area contributed by atoms with Crippen LogP contribution in [-0.4, -0.2) is 83.5 Å². The average molecular weight is 365 g/mol. The van der Waals surface area contributed by atoms with Gasteiger partial charge in [0.2, 0.25) is 17.7 Å². The van der Waals surface area contributed by atoms with E-state index in [0.29, 0.717) is 19.6 Å². The molecule has 1 spiro atoms. The van der Waals surface area contributed by atoms with Crippen molar-refractivity contribution in [1.82, 2.24) is 15.1 Å². The maximum absolute atomic E-state index is 13.1. The smallest absolute Gasteiger partial charge is 0.230 e. The van der Waals surface area contributed by atoms with Gasteiger partial charge in [-0.2, -0.15) is 11.8 Å². The van der Waals surface area contributed by atoms with Crippen molar-refractivity contribution < 1.29 is 19.1 Å². The Morgan fingerprint density at radius 1 is 1.40 bits per heavy atom. The SMILES string of the molecule is CC(=O)NCCN1C[C@]23C=C[C@H](O2)[C@H](C(=O)N2CCSCC2)[C@H]3C1=O. The van der Waals surface area contributed by atoms with Crippen LogP contribution < -0.4 is 5.32 Å². The lowest BCUT2D eigenvalue weighted by Crippen LogP contribution is -2.48. The summed E-state index contributed by atoms with van der Waals surface area (Å²) >= 11 is 1.86. The van der Waals surface area contributed by atoms with Crippen molar-refractivity contribution in [3.05, 3.63) is 12.2 Å². The molecule has 4 rings (SSSR count). The molecule has 4 aliphatic heterocycles. The van der Waals surface area contributed by atoms with E-state index >= 15 is 0 Å². The van der Waals surface area contributed by atoms with Crippen molar-refractivity contribution in [2.24, 2.45) is 11.8 Å². The Morgan fingerprint density at radius 2 is 2.16 bits per heavy atom. The topological polar surface area (TPSA) is 79.0 Å². The Morgan fingerprint density at radius 3 is 2.88 bits per heavy atom. The number of thioether (sulfide) groups is 1. The predicted octanol–water partition coefficient (Wildman–Crippen LogP) is -0.520. The quantitative estimate of drug-likeness (QED) is 0.679. The van der Waals surface area contributed by atoms with E-state index in [1.165, 1.54) is 6.92 Å². The van der Waals surface area contributed by atoms with E-state index in [1.807, 2.05) is 28.8 Å². The molecule has 3 saturated heterocycles. The lowest BCUT2D eigenvalue weighted by Gasteiger charge is -2.32. The molecule has 8 heteroatoms. The molecule has 3 amide bonds. The summed E-state index contributed by atoms with van der Waals surface area (Å²) in [6, 6.07) is 0.